The quantitative estimate of drug-likeness (QED) is 0.305. The Morgan fingerprint density at radius 3 is 2.27 bits per heavy atom. The molecule has 0 aliphatic heterocycles. The first-order valence-corrected chi connectivity index (χ1v) is 10.2. The Morgan fingerprint density at radius 2 is 1.70 bits per heavy atom. The summed E-state index contributed by atoms with van der Waals surface area (Å²) in [6, 6.07) is 2.56. The van der Waals surface area contributed by atoms with Gasteiger partial charge in [-0.15, -0.1) is 0 Å². The summed E-state index contributed by atoms with van der Waals surface area (Å²) in [7, 11) is 0.872. The van der Waals surface area contributed by atoms with E-state index in [1.54, 1.807) is 13.8 Å². The van der Waals surface area contributed by atoms with Gasteiger partial charge in [0.15, 0.2) is 0 Å². The van der Waals surface area contributed by atoms with Gasteiger partial charge in [0, 0.05) is 19.2 Å². The predicted molar refractivity (Wildman–Crippen MR) is 114 cm³/mol. The number of halogens is 5. The van der Waals surface area contributed by atoms with Crippen LogP contribution in [0.25, 0.3) is 5.69 Å². The number of esters is 1. The van der Waals surface area contributed by atoms with Gasteiger partial charge in [-0.3, -0.25) is 9.36 Å². The highest BCUT2D eigenvalue weighted by atomic mass is 35.5. The van der Waals surface area contributed by atoms with Gasteiger partial charge in [0.2, 0.25) is 0 Å². The van der Waals surface area contributed by atoms with Crippen molar-refractivity contribution in [3.8, 4) is 11.4 Å². The maximum atomic E-state index is 13.1. The normalized spacial score (nSPS) is 11.9. The number of benzene rings is 1. The standard InChI is InChI=1S/C20H19Cl2F3N2O6/c1-4-31-11(6-18(29)32-5-2)10-33-15-8-14(12(21)7-13(15)22)27-17(28)9-16(20(23,24)25)26(3)19(27)30/h6-9H,4-5,10H2,1-3H3/b11-6+. The van der Waals surface area contributed by atoms with E-state index in [4.69, 9.17) is 37.4 Å². The third kappa shape index (κ3) is 6.32. The van der Waals surface area contributed by atoms with E-state index in [9.17, 15) is 27.6 Å². The monoisotopic (exact) mass is 510 g/mol. The van der Waals surface area contributed by atoms with Gasteiger partial charge in [-0.25, -0.2) is 14.2 Å². The molecule has 0 aliphatic carbocycles. The predicted octanol–water partition coefficient (Wildman–Crippen LogP) is 3.72. The first-order valence-electron chi connectivity index (χ1n) is 9.43. The topological polar surface area (TPSA) is 88.8 Å². The first kappa shape index (κ1) is 26.3. The van der Waals surface area contributed by atoms with Crippen molar-refractivity contribution in [2.75, 3.05) is 19.8 Å². The molecule has 0 unspecified atom stereocenters. The number of alkyl halides is 3. The fourth-order valence-corrected chi connectivity index (χ4v) is 3.22. The maximum Gasteiger partial charge on any atom is 0.431 e. The molecule has 180 valence electrons. The molecule has 0 fully saturated rings. The number of carbonyl (C=O) groups is 1. The van der Waals surface area contributed by atoms with Gasteiger partial charge < -0.3 is 14.2 Å². The van der Waals surface area contributed by atoms with Gasteiger partial charge in [-0.2, -0.15) is 13.2 Å². The molecule has 0 spiro atoms. The molecule has 33 heavy (non-hydrogen) atoms. The maximum absolute atomic E-state index is 13.1. The van der Waals surface area contributed by atoms with E-state index in [0.717, 1.165) is 25.3 Å². The minimum absolute atomic E-state index is 0.0208. The zero-order chi connectivity index (χ0) is 24.9. The average Bonchev–Trinajstić information content (AvgIpc) is 2.70. The zero-order valence-corrected chi connectivity index (χ0v) is 19.2. The lowest BCUT2D eigenvalue weighted by Crippen LogP contribution is -2.40. The average molecular weight is 511 g/mol. The summed E-state index contributed by atoms with van der Waals surface area (Å²) in [6.07, 6.45) is -3.83. The molecule has 0 saturated heterocycles. The number of rotatable bonds is 8. The lowest BCUT2D eigenvalue weighted by atomic mass is 10.2. The zero-order valence-electron chi connectivity index (χ0n) is 17.7. The Hall–Kier alpha value is -2.92. The molecule has 1 aromatic carbocycles. The molecule has 0 radical (unpaired) electrons. The van der Waals surface area contributed by atoms with Gasteiger partial charge in [0.05, 0.1) is 35.0 Å². The SMILES string of the molecule is CCOC(=O)/C=C(\COc1cc(-n2c(=O)cc(C(F)(F)F)n(C)c2=O)c(Cl)cc1Cl)OCC. The van der Waals surface area contributed by atoms with Gasteiger partial charge in [0.1, 0.15) is 23.8 Å². The number of hydrogen-bond donors (Lipinski definition) is 0. The molecule has 0 N–H and O–H groups in total. The number of ether oxygens (including phenoxy) is 3. The van der Waals surface area contributed by atoms with Crippen LogP contribution in [-0.4, -0.2) is 34.9 Å². The second kappa shape index (κ2) is 10.8. The summed E-state index contributed by atoms with van der Waals surface area (Å²) in [5.74, 6) is -0.627. The molecule has 8 nitrogen and oxygen atoms in total. The van der Waals surface area contributed by atoms with Crippen LogP contribution in [0.15, 0.2) is 39.6 Å². The number of carbonyl (C=O) groups excluding carboxylic acids is 1. The van der Waals surface area contributed by atoms with Crippen LogP contribution in [0.5, 0.6) is 5.75 Å². The van der Waals surface area contributed by atoms with Crippen LogP contribution < -0.4 is 16.0 Å². The van der Waals surface area contributed by atoms with E-state index in [1.807, 2.05) is 0 Å². The molecule has 0 bridgehead atoms. The fraction of sp³-hybridized carbons (Fsp3) is 0.350. The molecule has 0 saturated carbocycles. The Balaban J connectivity index is 2.50. The third-order valence-corrected chi connectivity index (χ3v) is 4.72. The Bertz CT molecular complexity index is 1190. The van der Waals surface area contributed by atoms with E-state index in [-0.39, 0.29) is 57.7 Å². The second-order valence-corrected chi connectivity index (χ2v) is 7.18. The van der Waals surface area contributed by atoms with Crippen molar-refractivity contribution < 1.29 is 32.2 Å². The van der Waals surface area contributed by atoms with Crippen LogP contribution in [0.1, 0.15) is 19.5 Å². The van der Waals surface area contributed by atoms with Crippen LogP contribution in [0.2, 0.25) is 10.0 Å². The van der Waals surface area contributed by atoms with Crippen molar-refractivity contribution in [1.82, 2.24) is 9.13 Å². The van der Waals surface area contributed by atoms with E-state index in [0.29, 0.717) is 4.57 Å². The molecule has 13 heteroatoms. The van der Waals surface area contributed by atoms with Crippen molar-refractivity contribution in [3.05, 3.63) is 66.6 Å². The van der Waals surface area contributed by atoms with Crippen LogP contribution in [0.4, 0.5) is 13.2 Å². The highest BCUT2D eigenvalue weighted by Gasteiger charge is 2.35. The van der Waals surface area contributed by atoms with Gasteiger partial charge in [-0.05, 0) is 19.9 Å². The van der Waals surface area contributed by atoms with Crippen LogP contribution in [-0.2, 0) is 27.5 Å². The molecule has 0 atom stereocenters. The van der Waals surface area contributed by atoms with Gasteiger partial charge in [-0.1, -0.05) is 23.2 Å². The van der Waals surface area contributed by atoms with Crippen molar-refractivity contribution in [3.63, 3.8) is 0 Å². The first-order chi connectivity index (χ1) is 15.4. The number of aromatic nitrogens is 2. The summed E-state index contributed by atoms with van der Waals surface area (Å²) in [5, 5.41) is -0.203. The summed E-state index contributed by atoms with van der Waals surface area (Å²) in [4.78, 5) is 36.6. The van der Waals surface area contributed by atoms with Crippen molar-refractivity contribution in [2.24, 2.45) is 7.05 Å². The van der Waals surface area contributed by atoms with Crippen LogP contribution in [0.3, 0.4) is 0 Å². The van der Waals surface area contributed by atoms with Crippen molar-refractivity contribution in [2.45, 2.75) is 20.0 Å². The van der Waals surface area contributed by atoms with Crippen molar-refractivity contribution in [1.29, 1.82) is 0 Å². The summed E-state index contributed by atoms with van der Waals surface area (Å²) >= 11 is 12.2. The third-order valence-electron chi connectivity index (χ3n) is 4.12. The number of nitrogens with zero attached hydrogens (tertiary/aromatic N) is 2. The minimum Gasteiger partial charge on any atom is -0.494 e. The Morgan fingerprint density at radius 1 is 1.06 bits per heavy atom. The van der Waals surface area contributed by atoms with Gasteiger partial charge in [0.25, 0.3) is 5.56 Å². The van der Waals surface area contributed by atoms with E-state index in [2.05, 4.69) is 0 Å². The summed E-state index contributed by atoms with van der Waals surface area (Å²) in [5.41, 5.74) is -4.19. The second-order valence-electron chi connectivity index (χ2n) is 6.36. The van der Waals surface area contributed by atoms with Crippen molar-refractivity contribution >= 4 is 29.2 Å². The van der Waals surface area contributed by atoms with E-state index in [1.165, 1.54) is 0 Å². The smallest absolute Gasteiger partial charge is 0.431 e. The van der Waals surface area contributed by atoms with Crippen LogP contribution >= 0.6 is 23.2 Å². The highest BCUT2D eigenvalue weighted by Crippen LogP contribution is 2.33. The minimum atomic E-state index is -4.91. The summed E-state index contributed by atoms with van der Waals surface area (Å²) < 4.78 is 55.7. The van der Waals surface area contributed by atoms with E-state index >= 15 is 0 Å². The molecular weight excluding hydrogens is 492 g/mol. The molecule has 1 heterocycles. The molecule has 0 amide bonds. The van der Waals surface area contributed by atoms with E-state index < -0.39 is 29.1 Å². The highest BCUT2D eigenvalue weighted by molar-refractivity contribution is 6.36. The lowest BCUT2D eigenvalue weighted by Gasteiger charge is -2.16. The van der Waals surface area contributed by atoms with Gasteiger partial charge >= 0.3 is 17.8 Å². The fourth-order valence-electron chi connectivity index (χ4n) is 2.69. The molecule has 2 aromatic rings. The molecular formula is C20H19Cl2F3N2O6. The van der Waals surface area contributed by atoms with Crippen LogP contribution in [0, 0.1) is 0 Å². The Labute approximate surface area is 195 Å². The summed E-state index contributed by atoms with van der Waals surface area (Å²) in [6.45, 7) is 3.39. The number of hydrogen-bond acceptors (Lipinski definition) is 6. The lowest BCUT2D eigenvalue weighted by molar-refractivity contribution is -0.144. The molecule has 1 aromatic heterocycles. The molecule has 0 aliphatic rings. The largest absolute Gasteiger partial charge is 0.494 e. The Kier molecular flexibility index (Phi) is 8.62. The molecule has 2 rings (SSSR count).